The van der Waals surface area contributed by atoms with Gasteiger partial charge in [0, 0.05) is 29.0 Å². The molecule has 2 heterocycles. The van der Waals surface area contributed by atoms with E-state index in [4.69, 9.17) is 15.1 Å². The van der Waals surface area contributed by atoms with Crippen molar-refractivity contribution in [3.05, 3.63) is 36.1 Å². The molecule has 0 bridgehead atoms. The van der Waals surface area contributed by atoms with Crippen molar-refractivity contribution in [2.75, 3.05) is 6.54 Å². The Hall–Kier alpha value is -1.53. The number of hydrogen-bond acceptors (Lipinski definition) is 4. The Morgan fingerprint density at radius 3 is 2.75 bits per heavy atom. The van der Waals surface area contributed by atoms with E-state index >= 15 is 0 Å². The average molecular weight is 314 g/mol. The Morgan fingerprint density at radius 2 is 2.10 bits per heavy atom. The van der Waals surface area contributed by atoms with Crippen molar-refractivity contribution < 1.29 is 17.6 Å². The number of benzene rings is 1. The highest BCUT2D eigenvalue weighted by Gasteiger charge is 2.37. The van der Waals surface area contributed by atoms with Crippen molar-refractivity contribution >= 4 is 36.6 Å². The van der Waals surface area contributed by atoms with E-state index in [1.807, 2.05) is 30.3 Å². The van der Waals surface area contributed by atoms with E-state index in [-0.39, 0.29) is 25.4 Å². The molecular weight excluding hydrogens is 302 g/mol. The topological polar surface area (TPSA) is 67.6 Å². The SMILES string of the molecule is O=C1CC(S(=O)(=O)Cl)CN1Cc1cc2ccccc2o1. The molecule has 0 spiro atoms. The van der Waals surface area contributed by atoms with E-state index in [1.165, 1.54) is 4.90 Å². The predicted octanol–water partition coefficient (Wildman–Crippen LogP) is 2.10. The van der Waals surface area contributed by atoms with Gasteiger partial charge in [0.1, 0.15) is 16.6 Å². The third kappa shape index (κ3) is 2.53. The zero-order valence-electron chi connectivity index (χ0n) is 10.5. The Bertz CT molecular complexity index is 735. The Labute approximate surface area is 120 Å². The number of amides is 1. The predicted molar refractivity (Wildman–Crippen MR) is 74.8 cm³/mol. The lowest BCUT2D eigenvalue weighted by molar-refractivity contribution is -0.128. The molecule has 1 aliphatic rings. The smallest absolute Gasteiger partial charge is 0.237 e. The lowest BCUT2D eigenvalue weighted by Crippen LogP contribution is -2.26. The lowest BCUT2D eigenvalue weighted by atomic mass is 10.2. The summed E-state index contributed by atoms with van der Waals surface area (Å²) in [5, 5.41) is 0.122. The van der Waals surface area contributed by atoms with Gasteiger partial charge < -0.3 is 9.32 Å². The monoisotopic (exact) mass is 313 g/mol. The first kappa shape index (κ1) is 13.5. The molecule has 0 aliphatic carbocycles. The summed E-state index contributed by atoms with van der Waals surface area (Å²) in [6, 6.07) is 9.38. The minimum atomic E-state index is -3.71. The highest BCUT2D eigenvalue weighted by atomic mass is 35.7. The van der Waals surface area contributed by atoms with Gasteiger partial charge in [-0.15, -0.1) is 0 Å². The number of para-hydroxylation sites is 1. The number of carbonyl (C=O) groups is 1. The molecule has 0 saturated carbocycles. The van der Waals surface area contributed by atoms with E-state index in [1.54, 1.807) is 0 Å². The molecule has 1 saturated heterocycles. The molecule has 1 aromatic heterocycles. The van der Waals surface area contributed by atoms with E-state index in [9.17, 15) is 13.2 Å². The van der Waals surface area contributed by atoms with Crippen molar-refractivity contribution in [3.63, 3.8) is 0 Å². The zero-order valence-corrected chi connectivity index (χ0v) is 12.0. The number of halogens is 1. The summed E-state index contributed by atoms with van der Waals surface area (Å²) in [7, 11) is 1.60. The summed E-state index contributed by atoms with van der Waals surface area (Å²) >= 11 is 0. The van der Waals surface area contributed by atoms with Crippen LogP contribution in [0.5, 0.6) is 0 Å². The summed E-state index contributed by atoms with van der Waals surface area (Å²) in [4.78, 5) is 13.3. The number of furan rings is 1. The van der Waals surface area contributed by atoms with Crippen molar-refractivity contribution in [2.45, 2.75) is 18.2 Å². The van der Waals surface area contributed by atoms with Crippen LogP contribution >= 0.6 is 10.7 Å². The van der Waals surface area contributed by atoms with Crippen LogP contribution in [0.3, 0.4) is 0 Å². The standard InChI is InChI=1S/C13H12ClNO4S/c14-20(17,18)11-6-13(16)15(8-11)7-10-5-9-3-1-2-4-12(9)19-10/h1-5,11H,6-8H2. The number of nitrogens with zero attached hydrogens (tertiary/aromatic N) is 1. The van der Waals surface area contributed by atoms with Gasteiger partial charge in [-0.3, -0.25) is 4.79 Å². The minimum Gasteiger partial charge on any atom is -0.459 e. The average Bonchev–Trinajstić information content (AvgIpc) is 2.93. The second-order valence-electron chi connectivity index (χ2n) is 4.83. The second kappa shape index (κ2) is 4.79. The van der Waals surface area contributed by atoms with Gasteiger partial charge in [0.25, 0.3) is 0 Å². The Kier molecular flexibility index (Phi) is 3.22. The van der Waals surface area contributed by atoms with Crippen LogP contribution in [0.2, 0.25) is 0 Å². The first-order chi connectivity index (χ1) is 9.43. The van der Waals surface area contributed by atoms with Crippen molar-refractivity contribution in [3.8, 4) is 0 Å². The van der Waals surface area contributed by atoms with Crippen LogP contribution in [-0.2, 0) is 20.4 Å². The highest BCUT2D eigenvalue weighted by Crippen LogP contribution is 2.25. The third-order valence-corrected chi connectivity index (χ3v) is 5.27. The summed E-state index contributed by atoms with van der Waals surface area (Å²) in [6.45, 7) is 0.373. The first-order valence-electron chi connectivity index (χ1n) is 6.12. The Morgan fingerprint density at radius 1 is 1.35 bits per heavy atom. The van der Waals surface area contributed by atoms with Crippen LogP contribution in [-0.4, -0.2) is 31.0 Å². The van der Waals surface area contributed by atoms with Crippen LogP contribution in [0.1, 0.15) is 12.2 Å². The van der Waals surface area contributed by atoms with Crippen LogP contribution in [0.25, 0.3) is 11.0 Å². The van der Waals surface area contributed by atoms with E-state index in [2.05, 4.69) is 0 Å². The normalized spacial score (nSPS) is 19.9. The van der Waals surface area contributed by atoms with Gasteiger partial charge in [-0.1, -0.05) is 18.2 Å². The summed E-state index contributed by atoms with van der Waals surface area (Å²) in [5.74, 6) is 0.409. The maximum Gasteiger partial charge on any atom is 0.237 e. The van der Waals surface area contributed by atoms with Gasteiger partial charge in [0.05, 0.1) is 6.54 Å². The molecule has 1 amide bonds. The van der Waals surface area contributed by atoms with Crippen LogP contribution in [0.15, 0.2) is 34.7 Å². The van der Waals surface area contributed by atoms with Crippen molar-refractivity contribution in [2.24, 2.45) is 0 Å². The highest BCUT2D eigenvalue weighted by molar-refractivity contribution is 8.14. The largest absolute Gasteiger partial charge is 0.459 e. The molecule has 106 valence electrons. The van der Waals surface area contributed by atoms with Gasteiger partial charge in [0.15, 0.2) is 0 Å². The molecule has 0 radical (unpaired) electrons. The first-order valence-corrected chi connectivity index (χ1v) is 8.49. The lowest BCUT2D eigenvalue weighted by Gasteiger charge is -2.13. The molecule has 3 rings (SSSR count). The molecule has 7 heteroatoms. The fourth-order valence-corrected chi connectivity index (χ4v) is 3.44. The van der Waals surface area contributed by atoms with Gasteiger partial charge >= 0.3 is 0 Å². The molecule has 1 aromatic carbocycles. The summed E-state index contributed by atoms with van der Waals surface area (Å²) in [6.07, 6.45) is -0.0634. The van der Waals surface area contributed by atoms with Gasteiger partial charge in [0.2, 0.25) is 15.0 Å². The number of likely N-dealkylation sites (tertiary alicyclic amines) is 1. The third-order valence-electron chi connectivity index (χ3n) is 3.40. The molecule has 1 atom stereocenters. The van der Waals surface area contributed by atoms with Crippen molar-refractivity contribution in [1.82, 2.24) is 4.90 Å². The fraction of sp³-hybridized carbons (Fsp3) is 0.308. The van der Waals surface area contributed by atoms with Gasteiger partial charge in [-0.25, -0.2) is 8.42 Å². The number of carbonyl (C=O) groups excluding carboxylic acids is 1. The number of rotatable bonds is 3. The molecule has 20 heavy (non-hydrogen) atoms. The van der Waals surface area contributed by atoms with Crippen LogP contribution < -0.4 is 0 Å². The molecule has 2 aromatic rings. The molecule has 1 aliphatic heterocycles. The maximum atomic E-state index is 11.8. The van der Waals surface area contributed by atoms with Crippen LogP contribution in [0.4, 0.5) is 0 Å². The fourth-order valence-electron chi connectivity index (χ4n) is 2.38. The maximum absolute atomic E-state index is 11.8. The van der Waals surface area contributed by atoms with Crippen LogP contribution in [0, 0.1) is 0 Å². The number of fused-ring (bicyclic) bond motifs is 1. The van der Waals surface area contributed by atoms with E-state index < -0.39 is 14.3 Å². The molecule has 0 N–H and O–H groups in total. The minimum absolute atomic E-state index is 0.0634. The van der Waals surface area contributed by atoms with E-state index in [0.29, 0.717) is 5.76 Å². The molecule has 1 fully saturated rings. The second-order valence-corrected chi connectivity index (χ2v) is 7.73. The molecule has 1 unspecified atom stereocenters. The summed E-state index contributed by atoms with van der Waals surface area (Å²) < 4.78 is 28.2. The quantitative estimate of drug-likeness (QED) is 0.814. The van der Waals surface area contributed by atoms with Gasteiger partial charge in [-0.05, 0) is 12.1 Å². The van der Waals surface area contributed by atoms with E-state index in [0.717, 1.165) is 11.0 Å². The van der Waals surface area contributed by atoms with Crippen molar-refractivity contribution in [1.29, 1.82) is 0 Å². The zero-order chi connectivity index (χ0) is 14.3. The summed E-state index contributed by atoms with van der Waals surface area (Å²) in [5.41, 5.74) is 0.746. The molecule has 5 nitrogen and oxygen atoms in total. The number of hydrogen-bond donors (Lipinski definition) is 0. The van der Waals surface area contributed by atoms with Gasteiger partial charge in [-0.2, -0.15) is 0 Å². The molecular formula is C13H12ClNO4S. The Balaban J connectivity index is 1.79.